The third-order valence-corrected chi connectivity index (χ3v) is 2.55. The Morgan fingerprint density at radius 1 is 1.06 bits per heavy atom. The Morgan fingerprint density at radius 2 is 1.75 bits per heavy atom. The topological polar surface area (TPSA) is 33.0 Å². The lowest BCUT2D eigenvalue weighted by Crippen LogP contribution is -1.97. The number of halogens is 1. The molecule has 0 unspecified atom stereocenters. The van der Waals surface area contributed by atoms with Gasteiger partial charge in [0.05, 0.1) is 18.2 Å². The number of unbranched alkanes of at least 4 members (excludes halogenated alkanes) is 3. The second kappa shape index (κ2) is 8.01. The molecule has 0 aliphatic carbocycles. The molecule has 86 valence electrons. The lowest BCUT2D eigenvalue weighted by atomic mass is 10.2. The largest absolute Gasteiger partial charge is 0.494 e. The molecule has 0 atom stereocenters. The minimum Gasteiger partial charge on any atom is -0.494 e. The van der Waals surface area contributed by atoms with Gasteiger partial charge in [-0.05, 0) is 37.1 Å². The van der Waals surface area contributed by atoms with Crippen molar-refractivity contribution in [1.29, 1.82) is 5.26 Å². The lowest BCUT2D eigenvalue weighted by molar-refractivity contribution is 0.305. The van der Waals surface area contributed by atoms with Gasteiger partial charge >= 0.3 is 0 Å². The first kappa shape index (κ1) is 12.9. The van der Waals surface area contributed by atoms with Crippen LogP contribution in [-0.4, -0.2) is 12.5 Å². The molecule has 0 spiro atoms. The first-order valence-corrected chi connectivity index (χ1v) is 6.09. The van der Waals surface area contributed by atoms with Gasteiger partial charge in [0.25, 0.3) is 0 Å². The second-order valence-electron chi connectivity index (χ2n) is 3.59. The number of rotatable bonds is 7. The highest BCUT2D eigenvalue weighted by Gasteiger charge is 1.95. The molecule has 0 radical (unpaired) electrons. The Labute approximate surface area is 102 Å². The molecule has 3 heteroatoms. The van der Waals surface area contributed by atoms with Crippen molar-refractivity contribution < 1.29 is 4.74 Å². The van der Waals surface area contributed by atoms with Crippen LogP contribution in [0.2, 0.25) is 0 Å². The van der Waals surface area contributed by atoms with Crippen LogP contribution in [0, 0.1) is 11.3 Å². The predicted molar refractivity (Wildman–Crippen MR) is 65.8 cm³/mol. The third kappa shape index (κ3) is 5.04. The van der Waals surface area contributed by atoms with Gasteiger partial charge in [-0.1, -0.05) is 12.8 Å². The van der Waals surface area contributed by atoms with Gasteiger partial charge in [-0.3, -0.25) is 0 Å². The summed E-state index contributed by atoms with van der Waals surface area (Å²) in [4.78, 5) is 0. The van der Waals surface area contributed by atoms with Crippen molar-refractivity contribution >= 4 is 11.6 Å². The maximum Gasteiger partial charge on any atom is 0.119 e. The summed E-state index contributed by atoms with van der Waals surface area (Å²) in [6.45, 7) is 0.730. The minimum atomic E-state index is 0.662. The summed E-state index contributed by atoms with van der Waals surface area (Å²) in [6, 6.07) is 9.27. The summed E-state index contributed by atoms with van der Waals surface area (Å²) in [7, 11) is 0. The summed E-state index contributed by atoms with van der Waals surface area (Å²) in [6.07, 6.45) is 4.46. The zero-order valence-electron chi connectivity index (χ0n) is 9.29. The Kier molecular flexibility index (Phi) is 6.44. The SMILES string of the molecule is N#Cc1ccc(OCCCCCCCl)cc1. The van der Waals surface area contributed by atoms with E-state index in [1.165, 1.54) is 6.42 Å². The van der Waals surface area contributed by atoms with Crippen LogP contribution in [0.3, 0.4) is 0 Å². The highest BCUT2D eigenvalue weighted by Crippen LogP contribution is 2.12. The monoisotopic (exact) mass is 237 g/mol. The molecule has 0 aromatic heterocycles. The highest BCUT2D eigenvalue weighted by molar-refractivity contribution is 6.17. The maximum atomic E-state index is 8.62. The fraction of sp³-hybridized carbons (Fsp3) is 0.462. The van der Waals surface area contributed by atoms with Crippen LogP contribution in [0.25, 0.3) is 0 Å². The standard InChI is InChI=1S/C13H16ClNO/c14-9-3-1-2-4-10-16-13-7-5-12(11-15)6-8-13/h5-8H,1-4,9-10H2. The van der Waals surface area contributed by atoms with Gasteiger partial charge < -0.3 is 4.74 Å². The molecule has 0 bridgehead atoms. The highest BCUT2D eigenvalue weighted by atomic mass is 35.5. The summed E-state index contributed by atoms with van der Waals surface area (Å²) in [5.41, 5.74) is 0.662. The third-order valence-electron chi connectivity index (χ3n) is 2.28. The van der Waals surface area contributed by atoms with Crippen LogP contribution in [-0.2, 0) is 0 Å². The fourth-order valence-electron chi connectivity index (χ4n) is 1.37. The Hall–Kier alpha value is -1.20. The number of nitrogens with zero attached hydrogens (tertiary/aromatic N) is 1. The van der Waals surface area contributed by atoms with Crippen molar-refractivity contribution in [2.75, 3.05) is 12.5 Å². The molecule has 0 aliphatic rings. The number of hydrogen-bond donors (Lipinski definition) is 0. The van der Waals surface area contributed by atoms with Gasteiger partial charge in [-0.25, -0.2) is 0 Å². The van der Waals surface area contributed by atoms with E-state index in [1.54, 1.807) is 12.1 Å². The molecule has 1 rings (SSSR count). The lowest BCUT2D eigenvalue weighted by Gasteiger charge is -2.05. The van der Waals surface area contributed by atoms with Crippen molar-refractivity contribution in [2.24, 2.45) is 0 Å². The van der Waals surface area contributed by atoms with Crippen LogP contribution in [0.4, 0.5) is 0 Å². The summed E-state index contributed by atoms with van der Waals surface area (Å²) in [5, 5.41) is 8.62. The van der Waals surface area contributed by atoms with Gasteiger partial charge in [0.2, 0.25) is 0 Å². The predicted octanol–water partition coefficient (Wildman–Crippen LogP) is 3.74. The first-order chi connectivity index (χ1) is 7.86. The van der Waals surface area contributed by atoms with Crippen molar-refractivity contribution in [3.8, 4) is 11.8 Å². The van der Waals surface area contributed by atoms with Gasteiger partial charge in [0, 0.05) is 5.88 Å². The molecule has 0 fully saturated rings. The molecule has 0 amide bonds. The first-order valence-electron chi connectivity index (χ1n) is 5.56. The van der Waals surface area contributed by atoms with E-state index in [1.807, 2.05) is 12.1 Å². The van der Waals surface area contributed by atoms with Crippen molar-refractivity contribution in [1.82, 2.24) is 0 Å². The zero-order valence-corrected chi connectivity index (χ0v) is 10.0. The van der Waals surface area contributed by atoms with Crippen molar-refractivity contribution in [2.45, 2.75) is 25.7 Å². The van der Waals surface area contributed by atoms with Crippen molar-refractivity contribution in [3.63, 3.8) is 0 Å². The normalized spacial score (nSPS) is 9.75. The second-order valence-corrected chi connectivity index (χ2v) is 3.97. The summed E-state index contributed by atoms with van der Waals surface area (Å²) in [5.74, 6) is 1.58. The maximum absolute atomic E-state index is 8.62. The average Bonchev–Trinajstić information content (AvgIpc) is 2.34. The molecule has 0 saturated heterocycles. The van der Waals surface area contributed by atoms with Crippen LogP contribution in [0.15, 0.2) is 24.3 Å². The van der Waals surface area contributed by atoms with E-state index < -0.39 is 0 Å². The van der Waals surface area contributed by atoms with Crippen LogP contribution < -0.4 is 4.74 Å². The number of ether oxygens (including phenoxy) is 1. The Morgan fingerprint density at radius 3 is 2.38 bits per heavy atom. The molecule has 0 N–H and O–H groups in total. The number of nitriles is 1. The van der Waals surface area contributed by atoms with Gasteiger partial charge in [-0.15, -0.1) is 11.6 Å². The van der Waals surface area contributed by atoms with Gasteiger partial charge in [0.15, 0.2) is 0 Å². The zero-order chi connectivity index (χ0) is 11.6. The Bertz CT molecular complexity index is 329. The minimum absolute atomic E-state index is 0.662. The molecule has 1 aromatic rings. The molecule has 2 nitrogen and oxygen atoms in total. The molecule has 1 aromatic carbocycles. The van der Waals surface area contributed by atoms with Crippen molar-refractivity contribution in [3.05, 3.63) is 29.8 Å². The summed E-state index contributed by atoms with van der Waals surface area (Å²) < 4.78 is 5.54. The van der Waals surface area contributed by atoms with E-state index in [9.17, 15) is 0 Å². The molecular formula is C13H16ClNO. The summed E-state index contributed by atoms with van der Waals surface area (Å²) >= 11 is 5.58. The molecule has 0 aliphatic heterocycles. The van der Waals surface area contributed by atoms with E-state index in [-0.39, 0.29) is 0 Å². The van der Waals surface area contributed by atoms with E-state index in [4.69, 9.17) is 21.6 Å². The van der Waals surface area contributed by atoms with Crippen LogP contribution >= 0.6 is 11.6 Å². The van der Waals surface area contributed by atoms with Gasteiger partial charge in [0.1, 0.15) is 5.75 Å². The van der Waals surface area contributed by atoms with E-state index in [0.29, 0.717) is 5.56 Å². The number of hydrogen-bond acceptors (Lipinski definition) is 2. The van der Waals surface area contributed by atoms with Gasteiger partial charge in [-0.2, -0.15) is 5.26 Å². The van der Waals surface area contributed by atoms with Crippen LogP contribution in [0.1, 0.15) is 31.2 Å². The molecule has 0 saturated carbocycles. The van der Waals surface area contributed by atoms with Crippen LogP contribution in [0.5, 0.6) is 5.75 Å². The van der Waals surface area contributed by atoms with E-state index in [0.717, 1.165) is 37.5 Å². The average molecular weight is 238 g/mol. The number of alkyl halides is 1. The van der Waals surface area contributed by atoms with E-state index >= 15 is 0 Å². The number of benzene rings is 1. The fourth-order valence-corrected chi connectivity index (χ4v) is 1.55. The molecule has 16 heavy (non-hydrogen) atoms. The smallest absolute Gasteiger partial charge is 0.119 e. The molecular weight excluding hydrogens is 222 g/mol. The Balaban J connectivity index is 2.15. The van der Waals surface area contributed by atoms with E-state index in [2.05, 4.69) is 6.07 Å². The quantitative estimate of drug-likeness (QED) is 0.535. The molecule has 0 heterocycles.